The van der Waals surface area contributed by atoms with E-state index in [1.54, 1.807) is 0 Å². The van der Waals surface area contributed by atoms with Crippen molar-refractivity contribution in [3.05, 3.63) is 0 Å². The lowest BCUT2D eigenvalue weighted by Gasteiger charge is -2.06. The van der Waals surface area contributed by atoms with Crippen molar-refractivity contribution >= 4 is 11.9 Å². The molecule has 1 atom stereocenters. The fraction of sp³-hybridized carbons (Fsp3) is 0.600. The van der Waals surface area contributed by atoms with Crippen molar-refractivity contribution in [1.29, 1.82) is 0 Å². The average molecular weight is 162 g/mol. The fourth-order valence-electron chi connectivity index (χ4n) is 0.457. The number of aliphatic carboxylic acids is 1. The van der Waals surface area contributed by atoms with Crippen molar-refractivity contribution < 1.29 is 19.5 Å². The van der Waals surface area contributed by atoms with Crippen molar-refractivity contribution in [2.45, 2.75) is 12.5 Å². The minimum Gasteiger partial charge on any atom is -0.481 e. The van der Waals surface area contributed by atoms with Crippen LogP contribution in [-0.4, -0.2) is 30.1 Å². The highest BCUT2D eigenvalue weighted by Crippen LogP contribution is 1.87. The lowest BCUT2D eigenvalue weighted by Crippen LogP contribution is -2.41. The number of hydroxylamine groups is 1. The topological polar surface area (TPSA) is 102 Å². The number of nitrogens with one attached hydrogen (secondary N) is 1. The van der Waals surface area contributed by atoms with Crippen LogP contribution in [0.2, 0.25) is 0 Å². The molecule has 0 saturated carbocycles. The van der Waals surface area contributed by atoms with Gasteiger partial charge < -0.3 is 10.8 Å². The molecule has 0 aliphatic heterocycles. The third-order valence-corrected chi connectivity index (χ3v) is 0.934. The summed E-state index contributed by atoms with van der Waals surface area (Å²) in [6, 6.07) is -1.06. The number of hydrogen-bond donors (Lipinski definition) is 3. The van der Waals surface area contributed by atoms with E-state index >= 15 is 0 Å². The molecule has 0 aromatic carbocycles. The Morgan fingerprint density at radius 2 is 2.27 bits per heavy atom. The second kappa shape index (κ2) is 4.64. The van der Waals surface area contributed by atoms with Gasteiger partial charge in [-0.3, -0.25) is 14.4 Å². The van der Waals surface area contributed by atoms with E-state index < -0.39 is 24.3 Å². The van der Waals surface area contributed by atoms with Gasteiger partial charge in [0.1, 0.15) is 0 Å². The van der Waals surface area contributed by atoms with Gasteiger partial charge in [0.15, 0.2) is 0 Å². The highest BCUT2D eigenvalue weighted by Gasteiger charge is 2.16. The average Bonchev–Trinajstić information content (AvgIpc) is 1.86. The number of carbonyl (C=O) groups excluding carboxylic acids is 1. The number of amides is 1. The van der Waals surface area contributed by atoms with Crippen molar-refractivity contribution in [1.82, 2.24) is 5.48 Å². The number of nitrogens with two attached hydrogens (primary N) is 1. The van der Waals surface area contributed by atoms with E-state index in [1.807, 2.05) is 5.48 Å². The molecule has 0 bridgehead atoms. The second-order valence-corrected chi connectivity index (χ2v) is 1.87. The predicted octanol–water partition coefficient (Wildman–Crippen LogP) is -1.53. The molecule has 6 heteroatoms. The van der Waals surface area contributed by atoms with Crippen molar-refractivity contribution in [3.8, 4) is 0 Å². The zero-order valence-electron chi connectivity index (χ0n) is 6.03. The molecule has 0 fully saturated rings. The molecule has 64 valence electrons. The molecule has 0 saturated heterocycles. The molecule has 0 rings (SSSR count). The third-order valence-electron chi connectivity index (χ3n) is 0.934. The van der Waals surface area contributed by atoms with E-state index in [2.05, 4.69) is 4.84 Å². The molecule has 0 heterocycles. The van der Waals surface area contributed by atoms with Gasteiger partial charge in [0.2, 0.25) is 0 Å². The normalized spacial score (nSPS) is 12.2. The van der Waals surface area contributed by atoms with Crippen molar-refractivity contribution in [2.24, 2.45) is 5.73 Å². The van der Waals surface area contributed by atoms with Crippen LogP contribution in [0.25, 0.3) is 0 Å². The summed E-state index contributed by atoms with van der Waals surface area (Å²) >= 11 is 0. The van der Waals surface area contributed by atoms with Crippen LogP contribution in [0.3, 0.4) is 0 Å². The SMILES string of the molecule is CONC(=O)C(N)CC(=O)O. The highest BCUT2D eigenvalue weighted by atomic mass is 16.6. The summed E-state index contributed by atoms with van der Waals surface area (Å²) in [5.41, 5.74) is 7.05. The quantitative estimate of drug-likeness (QED) is 0.435. The Bertz CT molecular complexity index is 159. The van der Waals surface area contributed by atoms with E-state index in [-0.39, 0.29) is 0 Å². The number of carbonyl (C=O) groups is 2. The largest absolute Gasteiger partial charge is 0.481 e. The van der Waals surface area contributed by atoms with E-state index in [1.165, 1.54) is 7.11 Å². The number of hydrogen-bond acceptors (Lipinski definition) is 4. The molecule has 6 nitrogen and oxygen atoms in total. The number of rotatable bonds is 4. The first kappa shape index (κ1) is 9.86. The molecule has 0 aromatic rings. The first-order valence-electron chi connectivity index (χ1n) is 2.88. The summed E-state index contributed by atoms with van der Waals surface area (Å²) < 4.78 is 0. The summed E-state index contributed by atoms with van der Waals surface area (Å²) in [4.78, 5) is 24.9. The van der Waals surface area contributed by atoms with E-state index in [4.69, 9.17) is 10.8 Å². The van der Waals surface area contributed by atoms with Crippen LogP contribution < -0.4 is 11.2 Å². The lowest BCUT2D eigenvalue weighted by atomic mass is 10.2. The molecule has 0 aromatic heterocycles. The Hall–Kier alpha value is -1.14. The molecular weight excluding hydrogens is 152 g/mol. The van der Waals surface area contributed by atoms with Crippen molar-refractivity contribution in [3.63, 3.8) is 0 Å². The van der Waals surface area contributed by atoms with Crippen molar-refractivity contribution in [2.75, 3.05) is 7.11 Å². The van der Waals surface area contributed by atoms with E-state index in [0.717, 1.165) is 0 Å². The maximum absolute atomic E-state index is 10.7. The summed E-state index contributed by atoms with van der Waals surface area (Å²) in [6.45, 7) is 0. The minimum atomic E-state index is -1.12. The highest BCUT2D eigenvalue weighted by molar-refractivity contribution is 5.85. The Balaban J connectivity index is 3.73. The van der Waals surface area contributed by atoms with E-state index in [0.29, 0.717) is 0 Å². The molecule has 0 aliphatic rings. The van der Waals surface area contributed by atoms with Crippen LogP contribution in [0.4, 0.5) is 0 Å². The molecule has 0 radical (unpaired) electrons. The Labute approximate surface area is 63.3 Å². The van der Waals surface area contributed by atoms with Gasteiger partial charge in [-0.15, -0.1) is 0 Å². The molecule has 11 heavy (non-hydrogen) atoms. The lowest BCUT2D eigenvalue weighted by molar-refractivity contribution is -0.141. The van der Waals surface area contributed by atoms with Gasteiger partial charge in [0, 0.05) is 0 Å². The molecule has 1 unspecified atom stereocenters. The Morgan fingerprint density at radius 3 is 2.64 bits per heavy atom. The van der Waals surface area contributed by atoms with Crippen LogP contribution in [0, 0.1) is 0 Å². The van der Waals surface area contributed by atoms with Crippen LogP contribution >= 0.6 is 0 Å². The zero-order valence-corrected chi connectivity index (χ0v) is 6.03. The van der Waals surface area contributed by atoms with Gasteiger partial charge in [-0.25, -0.2) is 5.48 Å². The number of carboxylic acid groups (broad SMARTS) is 1. The van der Waals surface area contributed by atoms with Gasteiger partial charge in [-0.1, -0.05) is 0 Å². The van der Waals surface area contributed by atoms with Crippen LogP contribution in [0.15, 0.2) is 0 Å². The van der Waals surface area contributed by atoms with Crippen LogP contribution in [-0.2, 0) is 14.4 Å². The van der Waals surface area contributed by atoms with Gasteiger partial charge >= 0.3 is 5.97 Å². The van der Waals surface area contributed by atoms with Gasteiger partial charge in [-0.2, -0.15) is 0 Å². The summed E-state index contributed by atoms with van der Waals surface area (Å²) in [5, 5.41) is 8.20. The monoisotopic (exact) mass is 162 g/mol. The third kappa shape index (κ3) is 4.29. The van der Waals surface area contributed by atoms with E-state index in [9.17, 15) is 9.59 Å². The fourth-order valence-corrected chi connectivity index (χ4v) is 0.457. The maximum Gasteiger partial charge on any atom is 0.305 e. The second-order valence-electron chi connectivity index (χ2n) is 1.87. The van der Waals surface area contributed by atoms with Crippen LogP contribution in [0.1, 0.15) is 6.42 Å². The molecule has 0 spiro atoms. The molecule has 1 amide bonds. The zero-order chi connectivity index (χ0) is 8.85. The first-order valence-corrected chi connectivity index (χ1v) is 2.88. The first-order chi connectivity index (χ1) is 5.07. The van der Waals surface area contributed by atoms with Gasteiger partial charge in [0.25, 0.3) is 5.91 Å². The molecular formula is C5H10N2O4. The summed E-state index contributed by atoms with van der Waals surface area (Å²) in [7, 11) is 1.24. The van der Waals surface area contributed by atoms with Crippen LogP contribution in [0.5, 0.6) is 0 Å². The summed E-state index contributed by atoms with van der Waals surface area (Å²) in [6.07, 6.45) is -0.408. The van der Waals surface area contributed by atoms with Gasteiger partial charge in [0.05, 0.1) is 19.6 Å². The number of carboxylic acids is 1. The minimum absolute atomic E-state index is 0.408. The maximum atomic E-state index is 10.7. The molecule has 0 aliphatic carbocycles. The smallest absolute Gasteiger partial charge is 0.305 e. The standard InChI is InChI=1S/C5H10N2O4/c1-11-7-5(10)3(6)2-4(8)9/h3H,2,6H2,1H3,(H,7,10)(H,8,9). The Kier molecular flexibility index (Phi) is 4.16. The molecule has 4 N–H and O–H groups in total. The van der Waals surface area contributed by atoms with Gasteiger partial charge in [-0.05, 0) is 0 Å². The summed E-state index contributed by atoms with van der Waals surface area (Å²) in [5.74, 6) is -1.77. The predicted molar refractivity (Wildman–Crippen MR) is 35.4 cm³/mol. The Morgan fingerprint density at radius 1 is 1.73 bits per heavy atom.